The zero-order chi connectivity index (χ0) is 11.7. The molecule has 0 aliphatic heterocycles. The monoisotopic (exact) mass is 241 g/mol. The zero-order valence-electron chi connectivity index (χ0n) is 10.2. The standard InChI is InChI=1S/C12H13NO3.Na/c1-8-5-9-6-10(16-2)3-4-11(9)13(8)7-12(14)15;/h3-6H,7H2,1-2H3,(H,14,15);/q;+1/p-1. The van der Waals surface area contributed by atoms with Crippen LogP contribution in [-0.4, -0.2) is 17.6 Å². The number of aromatic nitrogens is 1. The zero-order valence-corrected chi connectivity index (χ0v) is 12.2. The second-order valence-corrected chi connectivity index (χ2v) is 3.67. The number of fused-ring (bicyclic) bond motifs is 1. The van der Waals surface area contributed by atoms with Gasteiger partial charge in [-0.05, 0) is 31.2 Å². The van der Waals surface area contributed by atoms with E-state index in [4.69, 9.17) is 4.74 Å². The number of rotatable bonds is 3. The summed E-state index contributed by atoms with van der Waals surface area (Å²) in [6.07, 6.45) is 0. The first kappa shape index (κ1) is 14.1. The molecule has 1 aromatic heterocycles. The van der Waals surface area contributed by atoms with Gasteiger partial charge in [0.2, 0.25) is 0 Å². The second-order valence-electron chi connectivity index (χ2n) is 3.67. The van der Waals surface area contributed by atoms with Crippen molar-refractivity contribution in [3.8, 4) is 5.75 Å². The maximum absolute atomic E-state index is 10.6. The molecule has 17 heavy (non-hydrogen) atoms. The van der Waals surface area contributed by atoms with Gasteiger partial charge in [0.1, 0.15) is 5.75 Å². The van der Waals surface area contributed by atoms with Crippen molar-refractivity contribution in [1.82, 2.24) is 4.57 Å². The summed E-state index contributed by atoms with van der Waals surface area (Å²) in [4.78, 5) is 10.6. The van der Waals surface area contributed by atoms with E-state index >= 15 is 0 Å². The van der Waals surface area contributed by atoms with Crippen LogP contribution in [0.15, 0.2) is 24.3 Å². The maximum Gasteiger partial charge on any atom is 1.00 e. The van der Waals surface area contributed by atoms with E-state index in [-0.39, 0.29) is 36.1 Å². The molecule has 0 bridgehead atoms. The van der Waals surface area contributed by atoms with Gasteiger partial charge >= 0.3 is 29.6 Å². The Balaban J connectivity index is 0.00000144. The maximum atomic E-state index is 10.6. The minimum Gasteiger partial charge on any atom is -0.548 e. The fraction of sp³-hybridized carbons (Fsp3) is 0.250. The predicted octanol–water partition coefficient (Wildman–Crippen LogP) is -2.29. The summed E-state index contributed by atoms with van der Waals surface area (Å²) in [7, 11) is 1.60. The van der Waals surface area contributed by atoms with Crippen LogP contribution in [-0.2, 0) is 11.3 Å². The average molecular weight is 241 g/mol. The van der Waals surface area contributed by atoms with Gasteiger partial charge in [-0.1, -0.05) is 0 Å². The van der Waals surface area contributed by atoms with E-state index in [1.807, 2.05) is 31.2 Å². The molecule has 0 saturated carbocycles. The predicted molar refractivity (Wildman–Crippen MR) is 58.2 cm³/mol. The van der Waals surface area contributed by atoms with Gasteiger partial charge in [-0.3, -0.25) is 0 Å². The number of carbonyl (C=O) groups is 1. The number of aliphatic carboxylic acids is 1. The van der Waals surface area contributed by atoms with Crippen molar-refractivity contribution in [2.24, 2.45) is 0 Å². The van der Waals surface area contributed by atoms with Crippen molar-refractivity contribution in [3.05, 3.63) is 30.0 Å². The quantitative estimate of drug-likeness (QED) is 0.569. The first-order chi connectivity index (χ1) is 7.61. The van der Waals surface area contributed by atoms with Gasteiger partial charge in [0.25, 0.3) is 0 Å². The van der Waals surface area contributed by atoms with Gasteiger partial charge in [-0.25, -0.2) is 0 Å². The molecule has 0 fully saturated rings. The van der Waals surface area contributed by atoms with E-state index in [2.05, 4.69) is 0 Å². The number of carboxylic acids is 1. The van der Waals surface area contributed by atoms with Crippen LogP contribution in [0.25, 0.3) is 10.9 Å². The minimum atomic E-state index is -1.09. The fourth-order valence-electron chi connectivity index (χ4n) is 1.85. The normalized spacial score (nSPS) is 10.0. The molecule has 2 aromatic rings. The first-order valence-corrected chi connectivity index (χ1v) is 4.95. The number of aryl methyl sites for hydroxylation is 1. The number of benzene rings is 1. The molecule has 4 nitrogen and oxygen atoms in total. The number of hydrogen-bond acceptors (Lipinski definition) is 3. The van der Waals surface area contributed by atoms with Crippen molar-refractivity contribution in [3.63, 3.8) is 0 Å². The van der Waals surface area contributed by atoms with Gasteiger partial charge < -0.3 is 19.2 Å². The van der Waals surface area contributed by atoms with Crippen LogP contribution in [0.1, 0.15) is 5.69 Å². The van der Waals surface area contributed by atoms with Crippen LogP contribution in [0.4, 0.5) is 0 Å². The van der Waals surface area contributed by atoms with Crippen LogP contribution < -0.4 is 39.4 Å². The van der Waals surface area contributed by atoms with E-state index in [0.717, 1.165) is 22.3 Å². The summed E-state index contributed by atoms with van der Waals surface area (Å²) in [5, 5.41) is 11.6. The third-order valence-corrected chi connectivity index (χ3v) is 2.60. The van der Waals surface area contributed by atoms with Crippen LogP contribution in [0.2, 0.25) is 0 Å². The second kappa shape index (κ2) is 5.58. The van der Waals surface area contributed by atoms with Crippen molar-refractivity contribution in [2.45, 2.75) is 13.5 Å². The van der Waals surface area contributed by atoms with Gasteiger partial charge in [-0.15, -0.1) is 0 Å². The van der Waals surface area contributed by atoms with Crippen LogP contribution in [0.5, 0.6) is 5.75 Å². The molecule has 0 saturated heterocycles. The average Bonchev–Trinajstić information content (AvgIpc) is 2.54. The summed E-state index contributed by atoms with van der Waals surface area (Å²) in [6, 6.07) is 7.48. The van der Waals surface area contributed by atoms with Crippen molar-refractivity contribution in [1.29, 1.82) is 0 Å². The smallest absolute Gasteiger partial charge is 0.548 e. The molecule has 0 amide bonds. The Bertz CT molecular complexity index is 548. The SMILES string of the molecule is COc1ccc2c(c1)cc(C)n2CC(=O)[O-].[Na+]. The summed E-state index contributed by atoms with van der Waals surface area (Å²) in [5.74, 6) is -0.325. The number of ether oxygens (including phenoxy) is 1. The van der Waals surface area contributed by atoms with Gasteiger partial charge in [0.05, 0.1) is 19.6 Å². The number of methoxy groups -OCH3 is 1. The molecular weight excluding hydrogens is 229 g/mol. The molecule has 84 valence electrons. The third-order valence-electron chi connectivity index (χ3n) is 2.60. The molecule has 0 unspecified atom stereocenters. The number of nitrogens with zero attached hydrogens (tertiary/aromatic N) is 1. The summed E-state index contributed by atoms with van der Waals surface area (Å²) >= 11 is 0. The van der Waals surface area contributed by atoms with Gasteiger partial charge in [0, 0.05) is 16.6 Å². The van der Waals surface area contributed by atoms with E-state index in [1.54, 1.807) is 11.7 Å². The van der Waals surface area contributed by atoms with Crippen molar-refractivity contribution >= 4 is 16.9 Å². The molecule has 0 spiro atoms. The molecular formula is C12H12NNaO3. The Morgan fingerprint density at radius 3 is 2.71 bits per heavy atom. The van der Waals surface area contributed by atoms with E-state index < -0.39 is 5.97 Å². The molecule has 0 atom stereocenters. The van der Waals surface area contributed by atoms with E-state index in [1.165, 1.54) is 0 Å². The number of hydrogen-bond donors (Lipinski definition) is 0. The Hall–Kier alpha value is -0.970. The third kappa shape index (κ3) is 2.83. The molecule has 0 aliphatic carbocycles. The molecule has 0 aliphatic rings. The Labute approximate surface area is 121 Å². The van der Waals surface area contributed by atoms with Crippen LogP contribution >= 0.6 is 0 Å². The first-order valence-electron chi connectivity index (χ1n) is 4.95. The Kier molecular flexibility index (Phi) is 4.62. The minimum absolute atomic E-state index is 0. The Morgan fingerprint density at radius 1 is 1.41 bits per heavy atom. The summed E-state index contributed by atoms with van der Waals surface area (Å²) < 4.78 is 6.83. The van der Waals surface area contributed by atoms with E-state index in [0.29, 0.717) is 0 Å². The molecule has 0 radical (unpaired) electrons. The molecule has 1 heterocycles. The topological polar surface area (TPSA) is 54.3 Å². The number of carbonyl (C=O) groups excluding carboxylic acids is 1. The largest absolute Gasteiger partial charge is 1.00 e. The molecule has 1 aromatic carbocycles. The van der Waals surface area contributed by atoms with Gasteiger partial charge in [-0.2, -0.15) is 0 Å². The molecule has 5 heteroatoms. The summed E-state index contributed by atoms with van der Waals surface area (Å²) in [5.41, 5.74) is 1.77. The number of carboxylic acid groups (broad SMARTS) is 1. The summed E-state index contributed by atoms with van der Waals surface area (Å²) in [6.45, 7) is 1.75. The van der Waals surface area contributed by atoms with E-state index in [9.17, 15) is 9.90 Å². The van der Waals surface area contributed by atoms with Crippen molar-refractivity contribution in [2.75, 3.05) is 7.11 Å². The van der Waals surface area contributed by atoms with Crippen LogP contribution in [0.3, 0.4) is 0 Å². The van der Waals surface area contributed by atoms with Crippen LogP contribution in [0, 0.1) is 6.92 Å². The van der Waals surface area contributed by atoms with Crippen molar-refractivity contribution < 1.29 is 44.2 Å². The fourth-order valence-corrected chi connectivity index (χ4v) is 1.85. The molecule has 0 N–H and O–H groups in total. The Morgan fingerprint density at radius 2 is 2.12 bits per heavy atom. The molecule has 2 rings (SSSR count). The van der Waals surface area contributed by atoms with Gasteiger partial charge in [0.15, 0.2) is 0 Å².